The maximum absolute atomic E-state index is 12.9. The second kappa shape index (κ2) is 8.15. The Kier molecular flexibility index (Phi) is 5.82. The molecular weight excluding hydrogens is 377 g/mol. The Balaban J connectivity index is 1.96. The first kappa shape index (κ1) is 20.7. The van der Waals surface area contributed by atoms with Crippen molar-refractivity contribution in [3.8, 4) is 11.3 Å². The van der Waals surface area contributed by atoms with E-state index in [1.165, 1.54) is 17.7 Å². The SMILES string of the molecule is Cc1c(C(N)=O)cc(-c2ccc(C(F)(F)F)cc2)n1C(C)CCc1ccccc1. The summed E-state index contributed by atoms with van der Waals surface area (Å²) in [5.74, 6) is -0.551. The number of carbonyl (C=O) groups excluding carboxylic acids is 1. The van der Waals surface area contributed by atoms with Crippen molar-refractivity contribution in [2.75, 3.05) is 0 Å². The highest BCUT2D eigenvalue weighted by atomic mass is 19.4. The zero-order valence-electron chi connectivity index (χ0n) is 16.3. The second-order valence-electron chi connectivity index (χ2n) is 7.21. The van der Waals surface area contributed by atoms with E-state index in [0.717, 1.165) is 25.0 Å². The molecule has 3 nitrogen and oxygen atoms in total. The first-order valence-corrected chi connectivity index (χ1v) is 9.41. The number of nitrogens with zero attached hydrogens (tertiary/aromatic N) is 1. The zero-order valence-corrected chi connectivity index (χ0v) is 16.3. The average Bonchev–Trinajstić information content (AvgIpc) is 3.04. The molecule has 29 heavy (non-hydrogen) atoms. The van der Waals surface area contributed by atoms with Crippen LogP contribution in [0.15, 0.2) is 60.7 Å². The number of aromatic nitrogens is 1. The number of aryl methyl sites for hydroxylation is 1. The molecule has 2 aromatic carbocycles. The number of alkyl halides is 3. The quantitative estimate of drug-likeness (QED) is 0.561. The summed E-state index contributed by atoms with van der Waals surface area (Å²) in [6.45, 7) is 3.85. The van der Waals surface area contributed by atoms with Crippen LogP contribution in [0.2, 0.25) is 0 Å². The molecule has 1 unspecified atom stereocenters. The van der Waals surface area contributed by atoms with Gasteiger partial charge < -0.3 is 10.3 Å². The summed E-state index contributed by atoms with van der Waals surface area (Å²) in [7, 11) is 0. The minimum Gasteiger partial charge on any atom is -0.366 e. The number of primary amides is 1. The van der Waals surface area contributed by atoms with Crippen LogP contribution in [0.3, 0.4) is 0 Å². The largest absolute Gasteiger partial charge is 0.416 e. The Bertz CT molecular complexity index is 989. The summed E-state index contributed by atoms with van der Waals surface area (Å²) >= 11 is 0. The van der Waals surface area contributed by atoms with Crippen molar-refractivity contribution in [2.24, 2.45) is 5.73 Å². The molecule has 0 saturated heterocycles. The smallest absolute Gasteiger partial charge is 0.366 e. The highest BCUT2D eigenvalue weighted by Gasteiger charge is 2.30. The molecule has 1 aromatic heterocycles. The third kappa shape index (κ3) is 4.53. The lowest BCUT2D eigenvalue weighted by atomic mass is 10.0. The zero-order chi connectivity index (χ0) is 21.2. The molecule has 0 aliphatic rings. The van der Waals surface area contributed by atoms with Crippen LogP contribution < -0.4 is 5.73 Å². The van der Waals surface area contributed by atoms with Gasteiger partial charge >= 0.3 is 6.18 Å². The predicted octanol–water partition coefficient (Wildman–Crippen LogP) is 5.78. The molecule has 0 aliphatic heterocycles. The van der Waals surface area contributed by atoms with Gasteiger partial charge in [-0.25, -0.2) is 0 Å². The van der Waals surface area contributed by atoms with E-state index in [1.807, 2.05) is 36.6 Å². The number of halogens is 3. The van der Waals surface area contributed by atoms with Gasteiger partial charge in [-0.15, -0.1) is 0 Å². The van der Waals surface area contributed by atoms with Gasteiger partial charge in [0.05, 0.1) is 11.1 Å². The number of hydrogen-bond donors (Lipinski definition) is 1. The van der Waals surface area contributed by atoms with Gasteiger partial charge in [-0.2, -0.15) is 13.2 Å². The minimum absolute atomic E-state index is 0.0283. The fourth-order valence-corrected chi connectivity index (χ4v) is 3.64. The summed E-state index contributed by atoms with van der Waals surface area (Å²) in [6, 6.07) is 16.7. The molecule has 0 fully saturated rings. The Morgan fingerprint density at radius 2 is 1.69 bits per heavy atom. The van der Waals surface area contributed by atoms with Gasteiger partial charge in [0.1, 0.15) is 0 Å². The highest BCUT2D eigenvalue weighted by molar-refractivity contribution is 5.95. The van der Waals surface area contributed by atoms with Crippen LogP contribution in [-0.4, -0.2) is 10.5 Å². The molecule has 1 heterocycles. The van der Waals surface area contributed by atoms with Gasteiger partial charge in [0.25, 0.3) is 5.91 Å². The van der Waals surface area contributed by atoms with Gasteiger partial charge in [-0.3, -0.25) is 4.79 Å². The first-order valence-electron chi connectivity index (χ1n) is 9.41. The molecule has 3 aromatic rings. The Hall–Kier alpha value is -3.02. The molecule has 0 bridgehead atoms. The predicted molar refractivity (Wildman–Crippen MR) is 108 cm³/mol. The van der Waals surface area contributed by atoms with Crippen molar-refractivity contribution < 1.29 is 18.0 Å². The molecule has 0 aliphatic carbocycles. The van der Waals surface area contributed by atoms with Crippen molar-refractivity contribution in [1.82, 2.24) is 4.57 Å². The lowest BCUT2D eigenvalue weighted by molar-refractivity contribution is -0.137. The monoisotopic (exact) mass is 400 g/mol. The minimum atomic E-state index is -4.39. The van der Waals surface area contributed by atoms with Crippen LogP contribution in [0.4, 0.5) is 13.2 Å². The van der Waals surface area contributed by atoms with E-state index >= 15 is 0 Å². The number of nitrogens with two attached hydrogens (primary N) is 1. The second-order valence-corrected chi connectivity index (χ2v) is 7.21. The van der Waals surface area contributed by atoms with E-state index in [1.54, 1.807) is 6.07 Å². The van der Waals surface area contributed by atoms with Crippen molar-refractivity contribution in [3.05, 3.63) is 83.0 Å². The van der Waals surface area contributed by atoms with Crippen LogP contribution >= 0.6 is 0 Å². The van der Waals surface area contributed by atoms with E-state index in [0.29, 0.717) is 22.5 Å². The van der Waals surface area contributed by atoms with E-state index in [9.17, 15) is 18.0 Å². The average molecular weight is 400 g/mol. The van der Waals surface area contributed by atoms with E-state index in [-0.39, 0.29) is 6.04 Å². The van der Waals surface area contributed by atoms with Crippen LogP contribution in [0.25, 0.3) is 11.3 Å². The fourth-order valence-electron chi connectivity index (χ4n) is 3.64. The number of amides is 1. The molecule has 152 valence electrons. The molecule has 1 atom stereocenters. The summed E-state index contributed by atoms with van der Waals surface area (Å²) in [5, 5.41) is 0. The number of benzene rings is 2. The third-order valence-electron chi connectivity index (χ3n) is 5.20. The molecule has 6 heteroatoms. The van der Waals surface area contributed by atoms with Gasteiger partial charge in [0.2, 0.25) is 0 Å². The maximum Gasteiger partial charge on any atom is 0.416 e. The van der Waals surface area contributed by atoms with Crippen LogP contribution in [0, 0.1) is 6.92 Å². The molecule has 1 amide bonds. The normalized spacial score (nSPS) is 12.7. The van der Waals surface area contributed by atoms with Crippen LogP contribution in [-0.2, 0) is 12.6 Å². The Morgan fingerprint density at radius 1 is 1.07 bits per heavy atom. The first-order chi connectivity index (χ1) is 13.7. The summed E-state index contributed by atoms with van der Waals surface area (Å²) in [5.41, 5.74) is 8.41. The number of rotatable bonds is 6. The van der Waals surface area contributed by atoms with E-state index in [2.05, 4.69) is 12.1 Å². The van der Waals surface area contributed by atoms with Gasteiger partial charge in [0.15, 0.2) is 0 Å². The lowest BCUT2D eigenvalue weighted by Crippen LogP contribution is -2.14. The Labute approximate surface area is 168 Å². The summed E-state index contributed by atoms with van der Waals surface area (Å²) < 4.78 is 40.7. The van der Waals surface area contributed by atoms with Crippen LogP contribution in [0.5, 0.6) is 0 Å². The number of hydrogen-bond acceptors (Lipinski definition) is 1. The van der Waals surface area contributed by atoms with Gasteiger partial charge in [-0.05, 0) is 56.0 Å². The van der Waals surface area contributed by atoms with Gasteiger partial charge in [0, 0.05) is 17.4 Å². The molecular formula is C23H23F3N2O. The summed E-state index contributed by atoms with van der Waals surface area (Å²) in [4.78, 5) is 11.9. The van der Waals surface area contributed by atoms with Gasteiger partial charge in [-0.1, -0.05) is 42.5 Å². The summed E-state index contributed by atoms with van der Waals surface area (Å²) in [6.07, 6.45) is -2.73. The Morgan fingerprint density at radius 3 is 2.24 bits per heavy atom. The van der Waals surface area contributed by atoms with Crippen molar-refractivity contribution in [1.29, 1.82) is 0 Å². The maximum atomic E-state index is 12.9. The standard InChI is InChI=1S/C23H23F3N2O/c1-15(8-9-17-6-4-3-5-7-17)28-16(2)20(22(27)29)14-21(28)18-10-12-19(13-11-18)23(24,25)26/h3-7,10-15H,8-9H2,1-2H3,(H2,27,29). The third-order valence-corrected chi connectivity index (χ3v) is 5.20. The lowest BCUT2D eigenvalue weighted by Gasteiger charge is -2.20. The fraction of sp³-hybridized carbons (Fsp3) is 0.261. The highest BCUT2D eigenvalue weighted by Crippen LogP contribution is 2.34. The number of carbonyl (C=O) groups is 1. The van der Waals surface area contributed by atoms with Crippen molar-refractivity contribution >= 4 is 5.91 Å². The van der Waals surface area contributed by atoms with E-state index in [4.69, 9.17) is 5.73 Å². The molecule has 0 radical (unpaired) electrons. The molecule has 0 saturated carbocycles. The van der Waals surface area contributed by atoms with Crippen molar-refractivity contribution in [3.63, 3.8) is 0 Å². The van der Waals surface area contributed by atoms with E-state index < -0.39 is 17.6 Å². The van der Waals surface area contributed by atoms with Crippen molar-refractivity contribution in [2.45, 2.75) is 38.9 Å². The topological polar surface area (TPSA) is 48.0 Å². The van der Waals surface area contributed by atoms with Crippen LogP contribution in [0.1, 0.15) is 46.6 Å². The molecule has 2 N–H and O–H groups in total. The molecule has 3 rings (SSSR count). The molecule has 0 spiro atoms.